The number of thiophene rings is 1. The van der Waals surface area contributed by atoms with Gasteiger partial charge in [-0.2, -0.15) is 0 Å². The summed E-state index contributed by atoms with van der Waals surface area (Å²) in [6.07, 6.45) is 9.39. The molecule has 0 radical (unpaired) electrons. The Labute approximate surface area is 150 Å². The monoisotopic (exact) mass is 351 g/mol. The maximum Gasteiger partial charge on any atom is 0.162 e. The fourth-order valence-electron chi connectivity index (χ4n) is 3.44. The van der Waals surface area contributed by atoms with E-state index in [0.29, 0.717) is 12.1 Å². The lowest BCUT2D eigenvalue weighted by atomic mass is 10.2. The van der Waals surface area contributed by atoms with E-state index < -0.39 is 0 Å². The minimum atomic E-state index is 0.539. The minimum Gasteiger partial charge on any atom is -0.367 e. The standard InChI is InChI=1S/C19H21N5S/c1-2-4-13(3-1)22-19-17-15(8-10-25-17)23-18(24-19)12-7-9-20-16(11-12)21-14-5-6-14/h7-11,13-14H,1-6H2,(H,20,21)(H,22,23,24). The van der Waals surface area contributed by atoms with Crippen LogP contribution in [-0.2, 0) is 0 Å². The first-order valence-corrected chi connectivity index (χ1v) is 9.98. The second kappa shape index (κ2) is 6.26. The molecule has 128 valence electrons. The number of nitrogens with one attached hydrogen (secondary N) is 2. The zero-order valence-corrected chi connectivity index (χ0v) is 14.9. The van der Waals surface area contributed by atoms with Crippen LogP contribution in [-0.4, -0.2) is 27.0 Å². The fraction of sp³-hybridized carbons (Fsp3) is 0.421. The molecule has 0 aromatic carbocycles. The van der Waals surface area contributed by atoms with Crippen molar-refractivity contribution in [2.24, 2.45) is 0 Å². The van der Waals surface area contributed by atoms with Gasteiger partial charge in [0.05, 0.1) is 10.2 Å². The van der Waals surface area contributed by atoms with E-state index in [2.05, 4.69) is 33.1 Å². The van der Waals surface area contributed by atoms with Crippen LogP contribution in [0.15, 0.2) is 29.8 Å². The molecule has 3 heterocycles. The van der Waals surface area contributed by atoms with Gasteiger partial charge in [0, 0.05) is 23.8 Å². The molecule has 6 heteroatoms. The van der Waals surface area contributed by atoms with Crippen LogP contribution in [0.4, 0.5) is 11.6 Å². The highest BCUT2D eigenvalue weighted by atomic mass is 32.1. The van der Waals surface area contributed by atoms with Gasteiger partial charge >= 0.3 is 0 Å². The maximum absolute atomic E-state index is 4.88. The van der Waals surface area contributed by atoms with E-state index in [0.717, 1.165) is 33.2 Å². The maximum atomic E-state index is 4.88. The average Bonchev–Trinajstić information content (AvgIpc) is 3.10. The van der Waals surface area contributed by atoms with Gasteiger partial charge in [0.2, 0.25) is 0 Å². The van der Waals surface area contributed by atoms with Crippen LogP contribution in [0.5, 0.6) is 0 Å². The molecule has 0 atom stereocenters. The second-order valence-corrected chi connectivity index (χ2v) is 7.92. The van der Waals surface area contributed by atoms with Crippen LogP contribution in [0.2, 0.25) is 0 Å². The molecular weight excluding hydrogens is 330 g/mol. The largest absolute Gasteiger partial charge is 0.367 e. The molecule has 0 saturated heterocycles. The van der Waals surface area contributed by atoms with Gasteiger partial charge in [-0.25, -0.2) is 15.0 Å². The molecule has 2 aliphatic rings. The highest BCUT2D eigenvalue weighted by molar-refractivity contribution is 7.17. The Balaban J connectivity index is 1.51. The summed E-state index contributed by atoms with van der Waals surface area (Å²) in [5.74, 6) is 2.67. The quantitative estimate of drug-likeness (QED) is 0.699. The number of fused-ring (bicyclic) bond motifs is 1. The summed E-state index contributed by atoms with van der Waals surface area (Å²) in [5.41, 5.74) is 2.03. The second-order valence-electron chi connectivity index (χ2n) is 7.00. The molecule has 3 aromatic heterocycles. The number of pyridine rings is 1. The van der Waals surface area contributed by atoms with Gasteiger partial charge < -0.3 is 10.6 Å². The predicted molar refractivity (Wildman–Crippen MR) is 103 cm³/mol. The van der Waals surface area contributed by atoms with Crippen LogP contribution in [0, 0.1) is 0 Å². The summed E-state index contributed by atoms with van der Waals surface area (Å²) >= 11 is 1.71. The molecule has 0 spiro atoms. The van der Waals surface area contributed by atoms with Crippen LogP contribution >= 0.6 is 11.3 Å². The number of nitrogens with zero attached hydrogens (tertiary/aromatic N) is 3. The van der Waals surface area contributed by atoms with Crippen LogP contribution in [0.1, 0.15) is 38.5 Å². The van der Waals surface area contributed by atoms with Gasteiger partial charge in [0.15, 0.2) is 5.82 Å². The summed E-state index contributed by atoms with van der Waals surface area (Å²) in [6.45, 7) is 0. The molecule has 5 nitrogen and oxygen atoms in total. The van der Waals surface area contributed by atoms with Gasteiger partial charge in [-0.1, -0.05) is 12.8 Å². The average molecular weight is 351 g/mol. The van der Waals surface area contributed by atoms with Crippen molar-refractivity contribution in [1.82, 2.24) is 15.0 Å². The first-order chi connectivity index (χ1) is 12.3. The Morgan fingerprint density at radius 1 is 0.960 bits per heavy atom. The summed E-state index contributed by atoms with van der Waals surface area (Å²) in [6, 6.07) is 7.26. The Morgan fingerprint density at radius 3 is 2.64 bits per heavy atom. The van der Waals surface area contributed by atoms with E-state index in [9.17, 15) is 0 Å². The normalized spacial score (nSPS) is 17.9. The Bertz CT molecular complexity index is 896. The van der Waals surface area contributed by atoms with Crippen molar-refractivity contribution in [2.45, 2.75) is 50.6 Å². The van der Waals surface area contributed by atoms with E-state index in [4.69, 9.17) is 9.97 Å². The Kier molecular flexibility index (Phi) is 3.77. The summed E-state index contributed by atoms with van der Waals surface area (Å²) < 4.78 is 1.15. The van der Waals surface area contributed by atoms with Crippen LogP contribution in [0.25, 0.3) is 21.6 Å². The van der Waals surface area contributed by atoms with Crippen molar-refractivity contribution < 1.29 is 0 Å². The predicted octanol–water partition coefficient (Wildman–Crippen LogP) is 4.68. The third-order valence-electron chi connectivity index (χ3n) is 4.95. The first-order valence-electron chi connectivity index (χ1n) is 9.10. The van der Waals surface area contributed by atoms with Crippen molar-refractivity contribution in [3.8, 4) is 11.4 Å². The smallest absolute Gasteiger partial charge is 0.162 e. The third kappa shape index (κ3) is 3.18. The number of anilines is 2. The number of aromatic nitrogens is 3. The zero-order valence-electron chi connectivity index (χ0n) is 14.0. The van der Waals surface area contributed by atoms with E-state index in [1.807, 2.05) is 12.3 Å². The van der Waals surface area contributed by atoms with Crippen molar-refractivity contribution in [2.75, 3.05) is 10.6 Å². The highest BCUT2D eigenvalue weighted by Gasteiger charge is 2.22. The fourth-order valence-corrected chi connectivity index (χ4v) is 4.22. The number of hydrogen-bond acceptors (Lipinski definition) is 6. The van der Waals surface area contributed by atoms with E-state index in [1.54, 1.807) is 11.3 Å². The van der Waals surface area contributed by atoms with Gasteiger partial charge in [0.25, 0.3) is 0 Å². The lowest BCUT2D eigenvalue weighted by Crippen LogP contribution is -2.16. The third-order valence-corrected chi connectivity index (χ3v) is 5.86. The summed E-state index contributed by atoms with van der Waals surface area (Å²) in [4.78, 5) is 14.1. The zero-order chi connectivity index (χ0) is 16.6. The molecule has 5 rings (SSSR count). The minimum absolute atomic E-state index is 0.539. The molecular formula is C19H21N5S. The molecule has 25 heavy (non-hydrogen) atoms. The van der Waals surface area contributed by atoms with Crippen LogP contribution < -0.4 is 10.6 Å². The molecule has 2 saturated carbocycles. The summed E-state index contributed by atoms with van der Waals surface area (Å²) in [7, 11) is 0. The number of rotatable bonds is 5. The van der Waals surface area contributed by atoms with E-state index in [-0.39, 0.29) is 0 Å². The lowest BCUT2D eigenvalue weighted by molar-refractivity contribution is 0.752. The van der Waals surface area contributed by atoms with Gasteiger partial charge in [-0.15, -0.1) is 11.3 Å². The summed E-state index contributed by atoms with van der Waals surface area (Å²) in [5, 5.41) is 9.21. The van der Waals surface area contributed by atoms with Gasteiger partial charge in [-0.05, 0) is 49.3 Å². The molecule has 2 N–H and O–H groups in total. The SMILES string of the molecule is c1cc(-c2nc(NC3CCCC3)c3sccc3n2)cc(NC2CC2)n1. The van der Waals surface area contributed by atoms with Gasteiger partial charge in [-0.3, -0.25) is 0 Å². The topological polar surface area (TPSA) is 62.7 Å². The molecule has 2 fully saturated rings. The Morgan fingerprint density at radius 2 is 1.80 bits per heavy atom. The lowest BCUT2D eigenvalue weighted by Gasteiger charge is -2.14. The molecule has 3 aromatic rings. The first kappa shape index (κ1) is 15.1. The molecule has 0 amide bonds. The van der Waals surface area contributed by atoms with Crippen molar-refractivity contribution in [1.29, 1.82) is 0 Å². The Hall–Kier alpha value is -2.21. The van der Waals surface area contributed by atoms with Crippen molar-refractivity contribution >= 4 is 33.2 Å². The van der Waals surface area contributed by atoms with Gasteiger partial charge in [0.1, 0.15) is 11.6 Å². The van der Waals surface area contributed by atoms with E-state index in [1.165, 1.54) is 38.5 Å². The molecule has 0 unspecified atom stereocenters. The van der Waals surface area contributed by atoms with Crippen LogP contribution in [0.3, 0.4) is 0 Å². The highest BCUT2D eigenvalue weighted by Crippen LogP contribution is 2.32. The molecule has 2 aliphatic carbocycles. The molecule has 0 aliphatic heterocycles. The number of hydrogen-bond donors (Lipinski definition) is 2. The van der Waals surface area contributed by atoms with Crippen molar-refractivity contribution in [3.05, 3.63) is 29.8 Å². The molecule has 0 bridgehead atoms. The van der Waals surface area contributed by atoms with E-state index >= 15 is 0 Å². The van der Waals surface area contributed by atoms with Crippen molar-refractivity contribution in [3.63, 3.8) is 0 Å².